The lowest BCUT2D eigenvalue weighted by Crippen LogP contribution is -2.35. The molecule has 0 spiro atoms. The van der Waals surface area contributed by atoms with Crippen molar-refractivity contribution in [2.75, 3.05) is 5.75 Å². The first-order valence-corrected chi connectivity index (χ1v) is 10.9. The quantitative estimate of drug-likeness (QED) is 0.358. The predicted octanol–water partition coefficient (Wildman–Crippen LogP) is 3.14. The first kappa shape index (κ1) is 23.3. The van der Waals surface area contributed by atoms with Crippen molar-refractivity contribution in [3.8, 4) is 5.75 Å². The summed E-state index contributed by atoms with van der Waals surface area (Å²) in [7, 11) is -3.87. The molecule has 0 heterocycles. The Labute approximate surface area is 175 Å². The normalized spacial score (nSPS) is 13.2. The molecule has 0 saturated carbocycles. The van der Waals surface area contributed by atoms with Gasteiger partial charge in [-0.3, -0.25) is 14.4 Å². The van der Waals surface area contributed by atoms with Crippen LogP contribution in [-0.4, -0.2) is 38.0 Å². The Morgan fingerprint density at radius 2 is 1.53 bits per heavy atom. The van der Waals surface area contributed by atoms with Crippen LogP contribution < -0.4 is 4.74 Å². The summed E-state index contributed by atoms with van der Waals surface area (Å²) >= 11 is 0. The van der Waals surface area contributed by atoms with Crippen LogP contribution in [0.25, 0.3) is 0 Å². The minimum atomic E-state index is -3.87. The fourth-order valence-electron chi connectivity index (χ4n) is 2.96. The number of rotatable bonds is 8. The summed E-state index contributed by atoms with van der Waals surface area (Å²) in [5, 5.41) is 0. The molecule has 8 heteroatoms. The third-order valence-corrected chi connectivity index (χ3v) is 6.23. The van der Waals surface area contributed by atoms with E-state index in [0.717, 1.165) is 5.56 Å². The first-order valence-electron chi connectivity index (χ1n) is 9.29. The molecule has 0 aromatic heterocycles. The van der Waals surface area contributed by atoms with Gasteiger partial charge >= 0.3 is 11.9 Å². The third-order valence-electron chi connectivity index (χ3n) is 4.44. The predicted molar refractivity (Wildman–Crippen MR) is 110 cm³/mol. The van der Waals surface area contributed by atoms with E-state index in [2.05, 4.69) is 0 Å². The molecular formula is C22H24O7S. The van der Waals surface area contributed by atoms with Gasteiger partial charge in [0.15, 0.2) is 15.6 Å². The van der Waals surface area contributed by atoms with E-state index in [9.17, 15) is 22.8 Å². The van der Waals surface area contributed by atoms with Crippen LogP contribution in [0.3, 0.4) is 0 Å². The zero-order chi connectivity index (χ0) is 22.5. The lowest BCUT2D eigenvalue weighted by molar-refractivity contribution is -0.146. The smallest absolute Gasteiger partial charge is 0.308 e. The second-order valence-corrected chi connectivity index (χ2v) is 9.00. The summed E-state index contributed by atoms with van der Waals surface area (Å²) in [6.07, 6.45) is -1.01. The average molecular weight is 432 g/mol. The van der Waals surface area contributed by atoms with Crippen LogP contribution in [0, 0.1) is 12.8 Å². The van der Waals surface area contributed by atoms with Gasteiger partial charge in [-0.2, -0.15) is 0 Å². The van der Waals surface area contributed by atoms with Gasteiger partial charge in [-0.1, -0.05) is 29.8 Å². The highest BCUT2D eigenvalue weighted by Crippen LogP contribution is 2.27. The standard InChI is InChI=1S/C22H24O7S/c1-14-9-11-18(12-10-14)30(26,27)13-20(15(2)28-16(3)23)22(25)19-7-5-6-8-21(19)29-17(4)24/h5-12,15,20H,13H2,1-4H3/t15-,20-/m0/s1. The van der Waals surface area contributed by atoms with E-state index in [1.165, 1.54) is 45.0 Å². The molecule has 0 bridgehead atoms. The van der Waals surface area contributed by atoms with Gasteiger partial charge in [-0.25, -0.2) is 8.42 Å². The minimum Gasteiger partial charge on any atom is -0.462 e. The van der Waals surface area contributed by atoms with Gasteiger partial charge in [0.2, 0.25) is 0 Å². The monoisotopic (exact) mass is 432 g/mol. The van der Waals surface area contributed by atoms with E-state index in [-0.39, 0.29) is 16.2 Å². The zero-order valence-corrected chi connectivity index (χ0v) is 18.1. The molecule has 160 valence electrons. The van der Waals surface area contributed by atoms with Crippen molar-refractivity contribution in [1.29, 1.82) is 0 Å². The topological polar surface area (TPSA) is 104 Å². The van der Waals surface area contributed by atoms with Crippen molar-refractivity contribution < 1.29 is 32.3 Å². The number of esters is 2. The van der Waals surface area contributed by atoms with E-state index in [1.807, 2.05) is 6.92 Å². The van der Waals surface area contributed by atoms with Crippen LogP contribution in [0.5, 0.6) is 5.75 Å². The number of ether oxygens (including phenoxy) is 2. The molecule has 0 N–H and O–H groups in total. The molecule has 0 aliphatic rings. The Bertz CT molecular complexity index is 1040. The van der Waals surface area contributed by atoms with Crippen molar-refractivity contribution in [3.05, 3.63) is 59.7 Å². The van der Waals surface area contributed by atoms with Gasteiger partial charge in [0, 0.05) is 13.8 Å². The lowest BCUT2D eigenvalue weighted by Gasteiger charge is -2.23. The number of para-hydroxylation sites is 1. The van der Waals surface area contributed by atoms with Crippen LogP contribution in [0.4, 0.5) is 0 Å². The second kappa shape index (κ2) is 9.67. The van der Waals surface area contributed by atoms with Crippen LogP contribution in [0.1, 0.15) is 36.7 Å². The number of Topliss-reactive ketones (excluding diaryl/α,β-unsaturated/α-hetero) is 1. The molecule has 0 aliphatic carbocycles. The fourth-order valence-corrected chi connectivity index (χ4v) is 4.60. The largest absolute Gasteiger partial charge is 0.462 e. The lowest BCUT2D eigenvalue weighted by atomic mass is 9.94. The molecule has 2 rings (SSSR count). The van der Waals surface area contributed by atoms with E-state index < -0.39 is 45.3 Å². The highest BCUT2D eigenvalue weighted by Gasteiger charge is 2.35. The van der Waals surface area contributed by atoms with Gasteiger partial charge < -0.3 is 9.47 Å². The van der Waals surface area contributed by atoms with E-state index in [4.69, 9.17) is 9.47 Å². The summed E-state index contributed by atoms with van der Waals surface area (Å²) in [4.78, 5) is 36.2. The molecular weight excluding hydrogens is 408 g/mol. The molecule has 2 aromatic carbocycles. The van der Waals surface area contributed by atoms with Gasteiger partial charge in [0.1, 0.15) is 11.9 Å². The van der Waals surface area contributed by atoms with Crippen molar-refractivity contribution in [2.24, 2.45) is 5.92 Å². The number of sulfone groups is 1. The molecule has 0 fully saturated rings. The number of ketones is 1. The zero-order valence-electron chi connectivity index (χ0n) is 17.2. The Hall–Kier alpha value is -3.00. The van der Waals surface area contributed by atoms with Gasteiger partial charge in [-0.05, 0) is 38.1 Å². The molecule has 0 unspecified atom stereocenters. The highest BCUT2D eigenvalue weighted by atomic mass is 32.2. The SMILES string of the molecule is CC(=O)Oc1ccccc1C(=O)[C@@H](CS(=O)(=O)c1ccc(C)cc1)[C@H](C)OC(C)=O. The van der Waals surface area contributed by atoms with Gasteiger partial charge in [-0.15, -0.1) is 0 Å². The van der Waals surface area contributed by atoms with Crippen LogP contribution in [-0.2, 0) is 24.2 Å². The third kappa shape index (κ3) is 6.00. The van der Waals surface area contributed by atoms with Crippen molar-refractivity contribution in [2.45, 2.75) is 38.7 Å². The van der Waals surface area contributed by atoms with E-state index >= 15 is 0 Å². The van der Waals surface area contributed by atoms with Crippen molar-refractivity contribution in [1.82, 2.24) is 0 Å². The Morgan fingerprint density at radius 3 is 2.10 bits per heavy atom. The number of aryl methyl sites for hydroxylation is 1. The summed E-state index contributed by atoms with van der Waals surface area (Å²) in [5.74, 6) is -3.61. The van der Waals surface area contributed by atoms with E-state index in [0.29, 0.717) is 0 Å². The Morgan fingerprint density at radius 1 is 0.933 bits per heavy atom. The van der Waals surface area contributed by atoms with Crippen molar-refractivity contribution >= 4 is 27.6 Å². The summed E-state index contributed by atoms with van der Waals surface area (Å²) < 4.78 is 36.2. The number of carbonyl (C=O) groups is 3. The maximum atomic E-state index is 13.3. The number of hydrogen-bond donors (Lipinski definition) is 0. The molecule has 30 heavy (non-hydrogen) atoms. The van der Waals surface area contributed by atoms with E-state index in [1.54, 1.807) is 24.3 Å². The molecule has 7 nitrogen and oxygen atoms in total. The molecule has 0 aliphatic heterocycles. The highest BCUT2D eigenvalue weighted by molar-refractivity contribution is 7.91. The van der Waals surface area contributed by atoms with Gasteiger partial charge in [0.05, 0.1) is 22.1 Å². The van der Waals surface area contributed by atoms with Crippen LogP contribution in [0.2, 0.25) is 0 Å². The first-order chi connectivity index (χ1) is 14.0. The fraction of sp³-hybridized carbons (Fsp3) is 0.318. The molecule has 0 saturated heterocycles. The maximum Gasteiger partial charge on any atom is 0.308 e. The number of hydrogen-bond acceptors (Lipinski definition) is 7. The van der Waals surface area contributed by atoms with Crippen LogP contribution in [0.15, 0.2) is 53.4 Å². The molecule has 0 radical (unpaired) electrons. The maximum absolute atomic E-state index is 13.3. The summed E-state index contributed by atoms with van der Waals surface area (Å²) in [5.41, 5.74) is 0.931. The van der Waals surface area contributed by atoms with Crippen molar-refractivity contribution in [3.63, 3.8) is 0 Å². The Kier molecular flexibility index (Phi) is 7.50. The summed E-state index contributed by atoms with van der Waals surface area (Å²) in [6.45, 7) is 5.67. The number of carbonyl (C=O) groups excluding carboxylic acids is 3. The van der Waals surface area contributed by atoms with Gasteiger partial charge in [0.25, 0.3) is 0 Å². The Balaban J connectivity index is 2.45. The number of benzene rings is 2. The molecule has 2 aromatic rings. The second-order valence-electron chi connectivity index (χ2n) is 6.97. The average Bonchev–Trinajstić information content (AvgIpc) is 2.65. The molecule has 0 amide bonds. The summed E-state index contributed by atoms with van der Waals surface area (Å²) in [6, 6.07) is 12.3. The molecule has 2 atom stereocenters. The minimum absolute atomic E-state index is 0.0164. The van der Waals surface area contributed by atoms with Crippen LogP contribution >= 0.6 is 0 Å².